The number of likely N-dealkylation sites (tertiary alicyclic amines) is 1. The lowest BCUT2D eigenvalue weighted by atomic mass is 9.69. The number of benzene rings is 2. The number of piperidine rings is 3. The summed E-state index contributed by atoms with van der Waals surface area (Å²) in [6.45, 7) is 11.1. The number of imide groups is 1. The van der Waals surface area contributed by atoms with E-state index in [1.165, 1.54) is 11.9 Å². The molecule has 18 heteroatoms. The number of hydrogen-bond acceptors (Lipinski definition) is 12. The van der Waals surface area contributed by atoms with Crippen LogP contribution in [-0.2, 0) is 25.7 Å². The molecule has 6 heterocycles. The smallest absolute Gasteiger partial charge is 0.293 e. The van der Waals surface area contributed by atoms with Crippen molar-refractivity contribution in [1.29, 1.82) is 0 Å². The number of carbonyl (C=O) groups excluding carboxylic acids is 4. The molecule has 2 unspecified atom stereocenters. The lowest BCUT2D eigenvalue weighted by Gasteiger charge is -2.51. The molecule has 9 rings (SSSR count). The average molecular weight is 926 g/mol. The second-order valence-electron chi connectivity index (χ2n) is 19.3. The standard InChI is InChI=1S/C48H57ClFN9O7/c1-26(2)59-37-9-6-28(18-27(37)19-39(46(59)64)65-24-41(61)51-5)53-43-36(49)22-52-47(55-43)56-15-12-30(13-16-56)66-31-20-29(21-31)57-17-14-35(48(3,4)25-57)33-8-7-32-34(42(33)50)23-58(45(32)63)38-10-11-40(60)54-44(38)62/h6-9,18-19,22,26,29-31,35,38H,10-17,20-21,23-25H2,1-5H3,(H,51,61)(H,52,53,55)(H,54,60,62). The Labute approximate surface area is 387 Å². The number of aromatic nitrogens is 3. The van der Waals surface area contributed by atoms with Crippen molar-refractivity contribution in [3.8, 4) is 5.75 Å². The van der Waals surface area contributed by atoms with Crippen LogP contribution in [0.3, 0.4) is 0 Å². The molecule has 2 aromatic heterocycles. The minimum atomic E-state index is -0.782. The molecule has 1 saturated carbocycles. The zero-order valence-corrected chi connectivity index (χ0v) is 38.8. The monoisotopic (exact) mass is 925 g/mol. The first kappa shape index (κ1) is 45.5. The maximum Gasteiger partial charge on any atom is 0.293 e. The van der Waals surface area contributed by atoms with Gasteiger partial charge in [0.25, 0.3) is 17.4 Å². The van der Waals surface area contributed by atoms with Gasteiger partial charge in [-0.25, -0.2) is 9.37 Å². The Morgan fingerprint density at radius 1 is 1.02 bits per heavy atom. The molecule has 4 amide bonds. The van der Waals surface area contributed by atoms with Crippen molar-refractivity contribution in [2.24, 2.45) is 5.41 Å². The molecular formula is C48H57ClFN9O7. The lowest BCUT2D eigenvalue weighted by molar-refractivity contribution is -0.137. The van der Waals surface area contributed by atoms with E-state index in [4.69, 9.17) is 26.1 Å². The highest BCUT2D eigenvalue weighted by Crippen LogP contribution is 2.47. The van der Waals surface area contributed by atoms with Gasteiger partial charge in [-0.05, 0) is 106 Å². The van der Waals surface area contributed by atoms with Crippen LogP contribution in [0.15, 0.2) is 47.4 Å². The van der Waals surface area contributed by atoms with Gasteiger partial charge in [0.05, 0.1) is 30.5 Å². The van der Waals surface area contributed by atoms with Crippen LogP contribution in [0.4, 0.5) is 21.8 Å². The van der Waals surface area contributed by atoms with Crippen molar-refractivity contribution >= 4 is 63.6 Å². The summed E-state index contributed by atoms with van der Waals surface area (Å²) in [6.07, 6.45) is 6.68. The Hall–Kier alpha value is -5.65. The van der Waals surface area contributed by atoms with Gasteiger partial charge < -0.3 is 34.5 Å². The first-order chi connectivity index (χ1) is 31.6. The highest BCUT2D eigenvalue weighted by Gasteiger charge is 2.46. The van der Waals surface area contributed by atoms with E-state index < -0.39 is 11.9 Å². The molecule has 5 aliphatic rings. The largest absolute Gasteiger partial charge is 0.478 e. The summed E-state index contributed by atoms with van der Waals surface area (Å²) < 4.78 is 30.2. The third-order valence-corrected chi connectivity index (χ3v) is 14.4. The number of likely N-dealkylation sites (N-methyl/N-ethyl adjacent to an activating group) is 1. The second-order valence-corrected chi connectivity index (χ2v) is 19.7. The Morgan fingerprint density at radius 3 is 2.50 bits per heavy atom. The molecule has 16 nitrogen and oxygen atoms in total. The van der Waals surface area contributed by atoms with Gasteiger partial charge in [-0.15, -0.1) is 0 Å². The van der Waals surface area contributed by atoms with Gasteiger partial charge in [-0.2, -0.15) is 4.98 Å². The van der Waals surface area contributed by atoms with E-state index in [0.29, 0.717) is 45.2 Å². The summed E-state index contributed by atoms with van der Waals surface area (Å²) in [5, 5.41) is 9.25. The van der Waals surface area contributed by atoms with Gasteiger partial charge in [0.2, 0.25) is 17.8 Å². The fourth-order valence-corrected chi connectivity index (χ4v) is 10.7. The van der Waals surface area contributed by atoms with E-state index in [9.17, 15) is 24.0 Å². The van der Waals surface area contributed by atoms with Crippen LogP contribution in [0.1, 0.15) is 106 Å². The minimum absolute atomic E-state index is 0.0245. The molecule has 0 radical (unpaired) electrons. The molecule has 4 aromatic rings. The van der Waals surface area contributed by atoms with Gasteiger partial charge in [0.1, 0.15) is 16.9 Å². The summed E-state index contributed by atoms with van der Waals surface area (Å²) in [4.78, 5) is 78.1. The van der Waals surface area contributed by atoms with Gasteiger partial charge in [0.15, 0.2) is 18.2 Å². The molecule has 3 N–H and O–H groups in total. The normalized spacial score (nSPS) is 23.5. The lowest BCUT2D eigenvalue weighted by Crippen LogP contribution is -2.55. The Kier molecular flexibility index (Phi) is 12.6. The maximum absolute atomic E-state index is 16.3. The number of pyridine rings is 1. The molecule has 1 aliphatic carbocycles. The predicted octanol–water partition coefficient (Wildman–Crippen LogP) is 5.83. The quantitative estimate of drug-likeness (QED) is 0.145. The number of anilines is 3. The van der Waals surface area contributed by atoms with Crippen LogP contribution in [0, 0.1) is 11.2 Å². The van der Waals surface area contributed by atoms with E-state index >= 15 is 4.39 Å². The van der Waals surface area contributed by atoms with E-state index in [1.54, 1.807) is 29.0 Å². The van der Waals surface area contributed by atoms with Gasteiger partial charge >= 0.3 is 0 Å². The summed E-state index contributed by atoms with van der Waals surface area (Å²) in [5.74, 6) is -0.846. The second kappa shape index (κ2) is 18.2. The van der Waals surface area contributed by atoms with Crippen molar-refractivity contribution in [2.45, 2.75) is 115 Å². The molecule has 350 valence electrons. The van der Waals surface area contributed by atoms with Crippen LogP contribution >= 0.6 is 11.6 Å². The zero-order valence-electron chi connectivity index (χ0n) is 38.0. The number of ether oxygens (including phenoxy) is 2. The van der Waals surface area contributed by atoms with Gasteiger partial charge in [0, 0.05) is 67.4 Å². The highest BCUT2D eigenvalue weighted by atomic mass is 35.5. The topological polar surface area (TPSA) is 180 Å². The van der Waals surface area contributed by atoms with Crippen LogP contribution < -0.4 is 31.1 Å². The fourth-order valence-electron chi connectivity index (χ4n) is 10.6. The van der Waals surface area contributed by atoms with Crippen LogP contribution in [0.5, 0.6) is 5.75 Å². The third kappa shape index (κ3) is 8.84. The van der Waals surface area contributed by atoms with Gasteiger partial charge in [-0.1, -0.05) is 31.5 Å². The van der Waals surface area contributed by atoms with Crippen LogP contribution in [0.2, 0.25) is 5.02 Å². The summed E-state index contributed by atoms with van der Waals surface area (Å²) in [5.41, 5.74) is 2.16. The molecule has 2 aromatic carbocycles. The SMILES string of the molecule is CNC(=O)COc1cc2cc(Nc3nc(N4CCC(OC5CC(N6CCC(c7ccc8c(c7F)CN(C7CCC(=O)NC7=O)C8=O)C(C)(C)C6)C5)CC4)ncc3Cl)ccc2n(C(C)C)c1=O. The number of hydrogen-bond donors (Lipinski definition) is 3. The third-order valence-electron chi connectivity index (χ3n) is 14.2. The van der Waals surface area contributed by atoms with Crippen molar-refractivity contribution in [3.05, 3.63) is 80.5 Å². The number of nitrogens with zero attached hydrogens (tertiary/aromatic N) is 6. The molecular weight excluding hydrogens is 869 g/mol. The Morgan fingerprint density at radius 2 is 1.79 bits per heavy atom. The molecule has 0 spiro atoms. The zero-order chi connectivity index (χ0) is 46.6. The minimum Gasteiger partial charge on any atom is -0.478 e. The van der Waals surface area contributed by atoms with Crippen molar-refractivity contribution in [1.82, 2.24) is 35.0 Å². The predicted molar refractivity (Wildman–Crippen MR) is 247 cm³/mol. The highest BCUT2D eigenvalue weighted by molar-refractivity contribution is 6.33. The maximum atomic E-state index is 16.3. The number of nitrogens with one attached hydrogen (secondary N) is 3. The van der Waals surface area contributed by atoms with Crippen LogP contribution in [-0.4, -0.2) is 112 Å². The van der Waals surface area contributed by atoms with Crippen molar-refractivity contribution in [3.63, 3.8) is 0 Å². The number of amides is 4. The molecule has 3 saturated heterocycles. The first-order valence-electron chi connectivity index (χ1n) is 23.0. The molecule has 4 aliphatic heterocycles. The number of halogens is 2. The van der Waals surface area contributed by atoms with E-state index in [-0.39, 0.29) is 90.4 Å². The number of rotatable bonds is 12. The molecule has 66 heavy (non-hydrogen) atoms. The molecule has 2 atom stereocenters. The van der Waals surface area contributed by atoms with Gasteiger partial charge in [-0.3, -0.25) is 34.2 Å². The van der Waals surface area contributed by atoms with Crippen LogP contribution in [0.25, 0.3) is 10.9 Å². The van der Waals surface area contributed by atoms with E-state index in [1.807, 2.05) is 32.0 Å². The first-order valence-corrected chi connectivity index (χ1v) is 23.4. The summed E-state index contributed by atoms with van der Waals surface area (Å²) >= 11 is 6.61. The number of carbonyl (C=O) groups is 4. The van der Waals surface area contributed by atoms with E-state index in [0.717, 1.165) is 69.2 Å². The number of fused-ring (bicyclic) bond motifs is 2. The van der Waals surface area contributed by atoms with Crippen molar-refractivity contribution < 1.29 is 33.0 Å². The molecule has 4 fully saturated rings. The Balaban J connectivity index is 0.767. The molecule has 0 bridgehead atoms. The average Bonchev–Trinajstić information content (AvgIpc) is 3.60. The summed E-state index contributed by atoms with van der Waals surface area (Å²) in [7, 11) is 1.51. The van der Waals surface area contributed by atoms with Crippen molar-refractivity contribution in [2.75, 3.05) is 50.1 Å². The van der Waals surface area contributed by atoms with E-state index in [2.05, 4.69) is 44.6 Å². The fraction of sp³-hybridized carbons (Fsp3) is 0.521. The Bertz CT molecular complexity index is 2640. The summed E-state index contributed by atoms with van der Waals surface area (Å²) in [6, 6.07) is 10.2.